The van der Waals surface area contributed by atoms with Gasteiger partial charge in [-0.05, 0) is 66.2 Å². The molecule has 2 amide bonds. The Morgan fingerprint density at radius 3 is 2.53 bits per heavy atom. The van der Waals surface area contributed by atoms with Crippen LogP contribution in [-0.4, -0.2) is 24.0 Å². The van der Waals surface area contributed by atoms with Gasteiger partial charge < -0.3 is 9.47 Å². The van der Waals surface area contributed by atoms with Crippen molar-refractivity contribution in [3.63, 3.8) is 0 Å². The van der Waals surface area contributed by atoms with E-state index >= 15 is 0 Å². The first-order valence-corrected chi connectivity index (χ1v) is 11.2. The summed E-state index contributed by atoms with van der Waals surface area (Å²) in [5, 5.41) is 3.08. The number of ether oxygens (including phenoxy) is 2. The zero-order chi connectivity index (χ0) is 24.2. The van der Waals surface area contributed by atoms with Gasteiger partial charge in [0, 0.05) is 5.02 Å². The fourth-order valence-electron chi connectivity index (χ4n) is 3.51. The topological polar surface area (TPSA) is 67.9 Å². The molecule has 1 fully saturated rings. The molecule has 8 heteroatoms. The van der Waals surface area contributed by atoms with Gasteiger partial charge in [-0.25, -0.2) is 0 Å². The second kappa shape index (κ2) is 10.1. The van der Waals surface area contributed by atoms with Crippen LogP contribution in [0, 0.1) is 6.92 Å². The second-order valence-electron chi connectivity index (χ2n) is 7.53. The van der Waals surface area contributed by atoms with Crippen molar-refractivity contribution < 1.29 is 19.1 Å². The maximum atomic E-state index is 13.3. The lowest BCUT2D eigenvalue weighted by Crippen LogP contribution is -2.54. The van der Waals surface area contributed by atoms with Crippen molar-refractivity contribution in [3.05, 3.63) is 94.0 Å². The molecule has 6 nitrogen and oxygen atoms in total. The first-order chi connectivity index (χ1) is 16.4. The van der Waals surface area contributed by atoms with Crippen LogP contribution in [0.3, 0.4) is 0 Å². The van der Waals surface area contributed by atoms with Gasteiger partial charge in [-0.1, -0.05) is 54.1 Å². The van der Waals surface area contributed by atoms with E-state index in [1.54, 1.807) is 50.4 Å². The number of methoxy groups -OCH3 is 1. The van der Waals surface area contributed by atoms with Crippen molar-refractivity contribution >= 4 is 52.5 Å². The molecule has 1 aliphatic heterocycles. The van der Waals surface area contributed by atoms with E-state index in [1.165, 1.54) is 11.0 Å². The maximum absolute atomic E-state index is 13.3. The summed E-state index contributed by atoms with van der Waals surface area (Å²) in [7, 11) is 1.55. The Balaban J connectivity index is 1.66. The van der Waals surface area contributed by atoms with E-state index in [1.807, 2.05) is 30.3 Å². The zero-order valence-electron chi connectivity index (χ0n) is 18.5. The van der Waals surface area contributed by atoms with Gasteiger partial charge in [0.15, 0.2) is 16.6 Å². The largest absolute Gasteiger partial charge is 0.493 e. The number of hydrogen-bond donors (Lipinski definition) is 1. The molecule has 0 saturated carbocycles. The van der Waals surface area contributed by atoms with Crippen molar-refractivity contribution in [1.29, 1.82) is 0 Å². The SMILES string of the molecule is COc1ccc(/C=C2\C(=O)NC(=S)N(c3cccc(Cl)c3C)C2=O)cc1OCc1ccccc1. The fourth-order valence-corrected chi connectivity index (χ4v) is 3.96. The average Bonchev–Trinajstić information content (AvgIpc) is 2.83. The number of carbonyl (C=O) groups excluding carboxylic acids is 2. The number of hydrogen-bond acceptors (Lipinski definition) is 5. The van der Waals surface area contributed by atoms with Crippen molar-refractivity contribution in [1.82, 2.24) is 5.32 Å². The summed E-state index contributed by atoms with van der Waals surface area (Å²) in [6, 6.07) is 20.1. The molecule has 0 unspecified atom stereocenters. The average molecular weight is 493 g/mol. The van der Waals surface area contributed by atoms with E-state index in [4.69, 9.17) is 33.3 Å². The van der Waals surface area contributed by atoms with Crippen LogP contribution in [0.5, 0.6) is 11.5 Å². The molecule has 1 saturated heterocycles. The highest BCUT2D eigenvalue weighted by Gasteiger charge is 2.35. The molecule has 0 spiro atoms. The van der Waals surface area contributed by atoms with Gasteiger partial charge in [0.2, 0.25) is 0 Å². The van der Waals surface area contributed by atoms with Crippen molar-refractivity contribution in [2.45, 2.75) is 13.5 Å². The lowest BCUT2D eigenvalue weighted by molar-refractivity contribution is -0.122. The molecule has 0 atom stereocenters. The minimum absolute atomic E-state index is 0.000805. The minimum Gasteiger partial charge on any atom is -0.493 e. The summed E-state index contributed by atoms with van der Waals surface area (Å²) in [5.74, 6) is -0.0903. The van der Waals surface area contributed by atoms with E-state index in [-0.39, 0.29) is 10.7 Å². The molecule has 4 rings (SSSR count). The Hall–Kier alpha value is -3.68. The molecule has 0 aromatic heterocycles. The summed E-state index contributed by atoms with van der Waals surface area (Å²) in [6.07, 6.45) is 1.50. The third kappa shape index (κ3) is 4.81. The van der Waals surface area contributed by atoms with Gasteiger partial charge >= 0.3 is 0 Å². The van der Waals surface area contributed by atoms with Gasteiger partial charge in [0.05, 0.1) is 12.8 Å². The summed E-state index contributed by atoms with van der Waals surface area (Å²) in [4.78, 5) is 27.3. The van der Waals surface area contributed by atoms with Crippen LogP contribution < -0.4 is 19.7 Å². The van der Waals surface area contributed by atoms with Gasteiger partial charge in [0.1, 0.15) is 12.2 Å². The summed E-state index contributed by atoms with van der Waals surface area (Å²) < 4.78 is 11.4. The molecular weight excluding hydrogens is 472 g/mol. The number of nitrogens with zero attached hydrogens (tertiary/aromatic N) is 1. The third-order valence-electron chi connectivity index (χ3n) is 5.32. The molecule has 172 valence electrons. The predicted molar refractivity (Wildman–Crippen MR) is 136 cm³/mol. The van der Waals surface area contributed by atoms with Crippen LogP contribution >= 0.6 is 23.8 Å². The Morgan fingerprint density at radius 1 is 1.03 bits per heavy atom. The lowest BCUT2D eigenvalue weighted by atomic mass is 10.1. The van der Waals surface area contributed by atoms with Gasteiger partial charge in [-0.3, -0.25) is 19.8 Å². The fraction of sp³-hybridized carbons (Fsp3) is 0.115. The first kappa shape index (κ1) is 23.5. The number of benzene rings is 3. The van der Waals surface area contributed by atoms with Gasteiger partial charge in [-0.15, -0.1) is 0 Å². The minimum atomic E-state index is -0.575. The van der Waals surface area contributed by atoms with Gasteiger partial charge in [-0.2, -0.15) is 0 Å². The number of thiocarbonyl (C=S) groups is 1. The summed E-state index contributed by atoms with van der Waals surface area (Å²) in [6.45, 7) is 2.12. The normalized spacial score (nSPS) is 14.9. The molecule has 1 heterocycles. The van der Waals surface area contributed by atoms with Crippen LogP contribution in [0.1, 0.15) is 16.7 Å². The predicted octanol–water partition coefficient (Wildman–Crippen LogP) is 5.07. The van der Waals surface area contributed by atoms with E-state index in [9.17, 15) is 9.59 Å². The van der Waals surface area contributed by atoms with E-state index in [0.717, 1.165) is 5.56 Å². The smallest absolute Gasteiger partial charge is 0.270 e. The van der Waals surface area contributed by atoms with E-state index in [0.29, 0.717) is 39.9 Å². The van der Waals surface area contributed by atoms with E-state index < -0.39 is 11.8 Å². The highest BCUT2D eigenvalue weighted by Crippen LogP contribution is 2.32. The molecule has 3 aromatic rings. The molecule has 3 aromatic carbocycles. The Labute approximate surface area is 207 Å². The van der Waals surface area contributed by atoms with Crippen molar-refractivity contribution in [2.75, 3.05) is 12.0 Å². The third-order valence-corrected chi connectivity index (χ3v) is 6.01. The van der Waals surface area contributed by atoms with Crippen LogP contribution in [0.4, 0.5) is 5.69 Å². The quantitative estimate of drug-likeness (QED) is 0.296. The van der Waals surface area contributed by atoms with Crippen LogP contribution in [0.2, 0.25) is 5.02 Å². The zero-order valence-corrected chi connectivity index (χ0v) is 20.1. The number of amides is 2. The van der Waals surface area contributed by atoms with Crippen LogP contribution in [0.15, 0.2) is 72.3 Å². The Morgan fingerprint density at radius 2 is 1.79 bits per heavy atom. The molecule has 34 heavy (non-hydrogen) atoms. The summed E-state index contributed by atoms with van der Waals surface area (Å²) in [5.41, 5.74) is 2.72. The Kier molecular flexibility index (Phi) is 6.95. The number of carbonyl (C=O) groups is 2. The first-order valence-electron chi connectivity index (χ1n) is 10.4. The summed E-state index contributed by atoms with van der Waals surface area (Å²) >= 11 is 11.5. The van der Waals surface area contributed by atoms with Gasteiger partial charge in [0.25, 0.3) is 11.8 Å². The molecular formula is C26H21ClN2O4S. The number of nitrogens with one attached hydrogen (secondary N) is 1. The van der Waals surface area contributed by atoms with Crippen molar-refractivity contribution in [3.8, 4) is 11.5 Å². The molecule has 1 N–H and O–H groups in total. The second-order valence-corrected chi connectivity index (χ2v) is 8.32. The molecule has 0 radical (unpaired) electrons. The highest BCUT2D eigenvalue weighted by molar-refractivity contribution is 7.80. The van der Waals surface area contributed by atoms with Crippen LogP contribution in [-0.2, 0) is 16.2 Å². The molecule has 0 aliphatic carbocycles. The standard InChI is InChI=1S/C26H21ClN2O4S/c1-16-20(27)9-6-10-21(16)29-25(31)19(24(30)28-26(29)34)13-18-11-12-22(32-2)23(14-18)33-15-17-7-4-3-5-8-17/h3-14H,15H2,1-2H3,(H,28,30,34)/b19-13+. The molecule has 0 bridgehead atoms. The number of halogens is 1. The lowest BCUT2D eigenvalue weighted by Gasteiger charge is -2.30. The van der Waals surface area contributed by atoms with Crippen molar-refractivity contribution in [2.24, 2.45) is 0 Å². The number of rotatable bonds is 6. The number of anilines is 1. The maximum Gasteiger partial charge on any atom is 0.270 e. The van der Waals surface area contributed by atoms with Crippen LogP contribution in [0.25, 0.3) is 6.08 Å². The van der Waals surface area contributed by atoms with E-state index in [2.05, 4.69) is 5.32 Å². The molecule has 1 aliphatic rings. The monoisotopic (exact) mass is 492 g/mol. The highest BCUT2D eigenvalue weighted by atomic mass is 35.5. The Bertz CT molecular complexity index is 1310.